The van der Waals surface area contributed by atoms with E-state index in [9.17, 15) is 0 Å². The van der Waals surface area contributed by atoms with E-state index in [-0.39, 0.29) is 0 Å². The zero-order valence-corrected chi connectivity index (χ0v) is 14.1. The van der Waals surface area contributed by atoms with Gasteiger partial charge >= 0.3 is 0 Å². The number of hydrogen-bond acceptors (Lipinski definition) is 1. The van der Waals surface area contributed by atoms with Crippen LogP contribution in [0.3, 0.4) is 0 Å². The van der Waals surface area contributed by atoms with E-state index in [0.717, 1.165) is 11.1 Å². The lowest BCUT2D eigenvalue weighted by Crippen LogP contribution is -2.33. The Hall–Kier alpha value is 0.394. The average Bonchev–Trinajstić information content (AvgIpc) is 2.40. The van der Waals surface area contributed by atoms with Gasteiger partial charge in [0.05, 0.1) is 0 Å². The summed E-state index contributed by atoms with van der Waals surface area (Å²) < 4.78 is 6.61. The van der Waals surface area contributed by atoms with Crippen molar-refractivity contribution in [2.24, 2.45) is 0 Å². The molecule has 0 amide bonds. The predicted octanol–water partition coefficient (Wildman–Crippen LogP) is 4.38. The van der Waals surface area contributed by atoms with Crippen molar-refractivity contribution in [1.29, 1.82) is 0 Å². The molecular weight excluding hydrogens is 240 g/mol. The van der Waals surface area contributed by atoms with Crippen molar-refractivity contribution >= 4 is 18.1 Å². The van der Waals surface area contributed by atoms with Crippen LogP contribution >= 0.6 is 0 Å². The summed E-state index contributed by atoms with van der Waals surface area (Å²) in [5.74, 6) is 0. The minimum absolute atomic E-state index is 0.851. The van der Waals surface area contributed by atoms with Crippen molar-refractivity contribution in [3.8, 4) is 0 Å². The maximum absolute atomic E-state index is 6.61. The van der Waals surface area contributed by atoms with Crippen LogP contribution in [0.1, 0.15) is 64.2 Å². The fraction of sp³-hybridized carbons (Fsp3) is 1.00. The first-order valence-corrected chi connectivity index (χ1v) is 12.5. The molecule has 2 rings (SSSR count). The minimum Gasteiger partial charge on any atom is -0.460 e. The third-order valence-electron chi connectivity index (χ3n) is 5.06. The summed E-state index contributed by atoms with van der Waals surface area (Å²) >= 11 is 0. The molecule has 0 aliphatic heterocycles. The van der Waals surface area contributed by atoms with Crippen molar-refractivity contribution < 1.29 is 4.12 Å². The second kappa shape index (κ2) is 7.10. The molecule has 0 aromatic rings. The Balaban J connectivity index is 1.74. The molecule has 2 atom stereocenters. The Kier molecular flexibility index (Phi) is 5.77. The minimum atomic E-state index is -0.851. The van der Waals surface area contributed by atoms with Crippen LogP contribution in [0, 0.1) is 0 Å². The molecule has 1 nitrogen and oxygen atoms in total. The van der Waals surface area contributed by atoms with Gasteiger partial charge in [-0.15, -0.1) is 0 Å². The van der Waals surface area contributed by atoms with Crippen LogP contribution < -0.4 is 0 Å². The Morgan fingerprint density at radius 2 is 1.00 bits per heavy atom. The standard InChI is InChI=1S/C14H30OSi2/c1-16(13-9-5-3-6-10-13)15-17(2)14-11-7-4-8-12-14/h13-14,16-17H,3-12H2,1-2H3. The van der Waals surface area contributed by atoms with Crippen molar-refractivity contribution in [2.75, 3.05) is 0 Å². The maximum Gasteiger partial charge on any atom is 0.162 e. The molecule has 0 bridgehead atoms. The van der Waals surface area contributed by atoms with Gasteiger partial charge in [0.15, 0.2) is 18.1 Å². The molecule has 0 aromatic carbocycles. The first-order valence-electron chi connectivity index (χ1n) is 7.93. The second-order valence-corrected chi connectivity index (χ2v) is 12.1. The number of rotatable bonds is 4. The van der Waals surface area contributed by atoms with E-state index in [1.165, 1.54) is 64.2 Å². The Bertz CT molecular complexity index is 188. The molecule has 2 fully saturated rings. The molecule has 0 spiro atoms. The van der Waals surface area contributed by atoms with Crippen molar-refractivity contribution in [3.05, 3.63) is 0 Å². The molecule has 2 aliphatic carbocycles. The predicted molar refractivity (Wildman–Crippen MR) is 80.8 cm³/mol. The highest BCUT2D eigenvalue weighted by Crippen LogP contribution is 2.35. The molecule has 2 unspecified atom stereocenters. The van der Waals surface area contributed by atoms with E-state index in [1.54, 1.807) is 0 Å². The van der Waals surface area contributed by atoms with Gasteiger partial charge in [0.25, 0.3) is 0 Å². The molecule has 2 aliphatic rings. The monoisotopic (exact) mass is 270 g/mol. The Morgan fingerprint density at radius 3 is 1.35 bits per heavy atom. The van der Waals surface area contributed by atoms with Crippen LogP contribution in [0.5, 0.6) is 0 Å². The van der Waals surface area contributed by atoms with E-state index in [0.29, 0.717) is 0 Å². The summed E-state index contributed by atoms with van der Waals surface area (Å²) in [6.45, 7) is 4.98. The molecular formula is C14H30OSi2. The van der Waals surface area contributed by atoms with E-state index in [2.05, 4.69) is 13.1 Å². The van der Waals surface area contributed by atoms with Gasteiger partial charge in [-0.1, -0.05) is 64.2 Å². The zero-order chi connectivity index (χ0) is 12.1. The highest BCUT2D eigenvalue weighted by atomic mass is 28.4. The van der Waals surface area contributed by atoms with Gasteiger partial charge in [0, 0.05) is 0 Å². The van der Waals surface area contributed by atoms with E-state index in [1.807, 2.05) is 0 Å². The zero-order valence-electron chi connectivity index (χ0n) is 11.8. The fourth-order valence-electron chi connectivity index (χ4n) is 3.77. The van der Waals surface area contributed by atoms with Gasteiger partial charge in [-0.3, -0.25) is 0 Å². The third-order valence-corrected chi connectivity index (χ3v) is 12.5. The van der Waals surface area contributed by atoms with Gasteiger partial charge in [-0.2, -0.15) is 0 Å². The van der Waals surface area contributed by atoms with E-state index < -0.39 is 18.1 Å². The third kappa shape index (κ3) is 4.21. The fourth-order valence-corrected chi connectivity index (χ4v) is 11.1. The smallest absolute Gasteiger partial charge is 0.162 e. The topological polar surface area (TPSA) is 9.23 Å². The van der Waals surface area contributed by atoms with Crippen LogP contribution in [0.15, 0.2) is 0 Å². The normalized spacial score (nSPS) is 27.9. The molecule has 17 heavy (non-hydrogen) atoms. The molecule has 0 aromatic heterocycles. The highest BCUT2D eigenvalue weighted by molar-refractivity contribution is 6.66. The van der Waals surface area contributed by atoms with Crippen molar-refractivity contribution in [3.63, 3.8) is 0 Å². The van der Waals surface area contributed by atoms with Crippen LogP contribution in [0.4, 0.5) is 0 Å². The summed E-state index contributed by atoms with van der Waals surface area (Å²) in [7, 11) is -1.70. The highest BCUT2D eigenvalue weighted by Gasteiger charge is 2.28. The van der Waals surface area contributed by atoms with Crippen molar-refractivity contribution in [2.45, 2.75) is 88.4 Å². The lowest BCUT2D eigenvalue weighted by molar-refractivity contribution is 0.432. The Morgan fingerprint density at radius 1 is 0.647 bits per heavy atom. The molecule has 0 saturated heterocycles. The quantitative estimate of drug-likeness (QED) is 0.689. The largest absolute Gasteiger partial charge is 0.460 e. The molecule has 100 valence electrons. The maximum atomic E-state index is 6.61. The van der Waals surface area contributed by atoms with Crippen LogP contribution in [0.25, 0.3) is 0 Å². The van der Waals surface area contributed by atoms with Crippen LogP contribution in [0.2, 0.25) is 24.2 Å². The molecule has 0 N–H and O–H groups in total. The summed E-state index contributed by atoms with van der Waals surface area (Å²) in [6.07, 6.45) is 14.8. The van der Waals surface area contributed by atoms with Gasteiger partial charge in [-0.25, -0.2) is 0 Å². The number of hydrogen-bond donors (Lipinski definition) is 0. The Labute approximate surface area is 111 Å². The second-order valence-electron chi connectivity index (χ2n) is 6.34. The summed E-state index contributed by atoms with van der Waals surface area (Å²) in [5, 5.41) is 0. The van der Waals surface area contributed by atoms with E-state index in [4.69, 9.17) is 4.12 Å². The lowest BCUT2D eigenvalue weighted by Gasteiger charge is -2.33. The van der Waals surface area contributed by atoms with Gasteiger partial charge in [0.1, 0.15) is 0 Å². The molecule has 2 saturated carbocycles. The molecule has 0 radical (unpaired) electrons. The van der Waals surface area contributed by atoms with Gasteiger partial charge in [-0.05, 0) is 24.2 Å². The van der Waals surface area contributed by atoms with Crippen LogP contribution in [-0.4, -0.2) is 18.1 Å². The SMILES string of the molecule is C[SiH](O[SiH](C)C1CCCCC1)C1CCCCC1. The van der Waals surface area contributed by atoms with Gasteiger partial charge < -0.3 is 4.12 Å². The summed E-state index contributed by atoms with van der Waals surface area (Å²) in [4.78, 5) is 0. The van der Waals surface area contributed by atoms with Crippen molar-refractivity contribution in [1.82, 2.24) is 0 Å². The first-order chi connectivity index (χ1) is 8.27. The summed E-state index contributed by atoms with van der Waals surface area (Å²) in [5.41, 5.74) is 2.03. The molecule has 3 heteroatoms. The van der Waals surface area contributed by atoms with Gasteiger partial charge in [0.2, 0.25) is 0 Å². The lowest BCUT2D eigenvalue weighted by atomic mass is 10.0. The average molecular weight is 271 g/mol. The molecule has 0 heterocycles. The first kappa shape index (κ1) is 13.8. The van der Waals surface area contributed by atoms with Crippen LogP contribution in [-0.2, 0) is 4.12 Å². The summed E-state index contributed by atoms with van der Waals surface area (Å²) in [6, 6.07) is 0. The van der Waals surface area contributed by atoms with E-state index >= 15 is 0 Å².